The molecule has 0 unspecified atom stereocenters. The molecule has 1 aliphatic carbocycles. The van der Waals surface area contributed by atoms with E-state index >= 15 is 0 Å². The van der Waals surface area contributed by atoms with Gasteiger partial charge in [0.1, 0.15) is 0 Å². The normalized spacial score (nSPS) is 14.7. The summed E-state index contributed by atoms with van der Waals surface area (Å²) in [5.74, 6) is 0.396. The first-order valence-electron chi connectivity index (χ1n) is 5.43. The monoisotopic (exact) mass is 200 g/mol. The van der Waals surface area contributed by atoms with Crippen LogP contribution in [-0.4, -0.2) is 5.78 Å². The summed E-state index contributed by atoms with van der Waals surface area (Å²) in [7, 11) is 0. The van der Waals surface area contributed by atoms with Gasteiger partial charge in [-0.05, 0) is 23.6 Å². The van der Waals surface area contributed by atoms with Crippen LogP contribution in [-0.2, 0) is 11.2 Å². The molecule has 0 aromatic heterocycles. The van der Waals surface area contributed by atoms with E-state index in [2.05, 4.69) is 19.1 Å². The van der Waals surface area contributed by atoms with Gasteiger partial charge in [0.2, 0.25) is 0 Å². The third-order valence-electron chi connectivity index (χ3n) is 3.06. The molecule has 78 valence electrons. The van der Waals surface area contributed by atoms with E-state index in [0.717, 1.165) is 12.0 Å². The Bertz CT molecular complexity index is 438. The highest BCUT2D eigenvalue weighted by Crippen LogP contribution is 2.33. The Labute approximate surface area is 90.8 Å². The fourth-order valence-electron chi connectivity index (χ4n) is 2.15. The number of allylic oxidation sites excluding steroid dienone is 2. The molecule has 0 saturated heterocycles. The zero-order valence-electron chi connectivity index (χ0n) is 9.50. The lowest BCUT2D eigenvalue weighted by Gasteiger charge is -2.05. The molecule has 1 heteroatoms. The molecule has 0 N–H and O–H groups in total. The molecule has 0 amide bonds. The number of hydrogen-bond donors (Lipinski definition) is 0. The van der Waals surface area contributed by atoms with Gasteiger partial charge in [0, 0.05) is 17.9 Å². The van der Waals surface area contributed by atoms with Crippen molar-refractivity contribution in [1.29, 1.82) is 0 Å². The molecular formula is C14H16O. The van der Waals surface area contributed by atoms with Crippen molar-refractivity contribution >= 4 is 11.4 Å². The molecule has 0 saturated carbocycles. The lowest BCUT2D eigenvalue weighted by atomic mass is 9.97. The first-order valence-corrected chi connectivity index (χ1v) is 5.43. The van der Waals surface area contributed by atoms with Crippen LogP contribution in [0.25, 0.3) is 5.57 Å². The number of ketones is 1. The lowest BCUT2D eigenvalue weighted by Crippen LogP contribution is -2.10. The maximum absolute atomic E-state index is 12.0. The quantitative estimate of drug-likeness (QED) is 0.716. The number of carbonyl (C=O) groups is 1. The summed E-state index contributed by atoms with van der Waals surface area (Å²) < 4.78 is 0. The molecule has 2 rings (SSSR count). The minimum Gasteiger partial charge on any atom is -0.294 e. The van der Waals surface area contributed by atoms with Crippen molar-refractivity contribution in [3.8, 4) is 0 Å². The predicted octanol–water partition coefficient (Wildman–Crippen LogP) is 3.24. The fourth-order valence-corrected chi connectivity index (χ4v) is 2.15. The second-order valence-electron chi connectivity index (χ2n) is 4.46. The minimum atomic E-state index is 0.101. The van der Waals surface area contributed by atoms with Gasteiger partial charge in [-0.25, -0.2) is 0 Å². The summed E-state index contributed by atoms with van der Waals surface area (Å²) in [6, 6.07) is 8.28. The molecule has 0 fully saturated rings. The second-order valence-corrected chi connectivity index (χ2v) is 4.46. The molecule has 1 aromatic rings. The van der Waals surface area contributed by atoms with E-state index in [1.807, 2.05) is 26.0 Å². The third-order valence-corrected chi connectivity index (χ3v) is 3.06. The lowest BCUT2D eigenvalue weighted by molar-refractivity contribution is -0.118. The fraction of sp³-hybridized carbons (Fsp3) is 0.357. The van der Waals surface area contributed by atoms with Crippen LogP contribution in [0.2, 0.25) is 0 Å². The Morgan fingerprint density at radius 3 is 2.53 bits per heavy atom. The number of benzene rings is 1. The zero-order chi connectivity index (χ0) is 11.0. The Morgan fingerprint density at radius 2 is 1.93 bits per heavy atom. The van der Waals surface area contributed by atoms with E-state index in [-0.39, 0.29) is 5.92 Å². The van der Waals surface area contributed by atoms with Gasteiger partial charge < -0.3 is 0 Å². The Hall–Kier alpha value is -1.37. The predicted molar refractivity (Wildman–Crippen MR) is 62.6 cm³/mol. The Balaban J connectivity index is 2.41. The highest BCUT2D eigenvalue weighted by Gasteiger charge is 2.24. The van der Waals surface area contributed by atoms with E-state index in [0.29, 0.717) is 5.78 Å². The van der Waals surface area contributed by atoms with Crippen molar-refractivity contribution in [1.82, 2.24) is 0 Å². The molecule has 1 aromatic carbocycles. The van der Waals surface area contributed by atoms with E-state index in [1.54, 1.807) is 0 Å². The molecule has 0 bridgehead atoms. The van der Waals surface area contributed by atoms with Gasteiger partial charge in [0.25, 0.3) is 0 Å². The first-order chi connectivity index (χ1) is 7.11. The van der Waals surface area contributed by atoms with Gasteiger partial charge in [-0.1, -0.05) is 38.1 Å². The second kappa shape index (κ2) is 3.65. The standard InChI is InChI=1S/C14H16O/c1-9(2)14(15)13-8-11-6-4-5-7-12(11)10(13)3/h4-7,9H,8H2,1-3H3. The summed E-state index contributed by atoms with van der Waals surface area (Å²) in [6.45, 7) is 5.98. The molecule has 0 aliphatic heterocycles. The van der Waals surface area contributed by atoms with Crippen LogP contribution in [0, 0.1) is 5.92 Å². The van der Waals surface area contributed by atoms with Gasteiger partial charge in [-0.2, -0.15) is 0 Å². The molecule has 15 heavy (non-hydrogen) atoms. The molecular weight excluding hydrogens is 184 g/mol. The van der Waals surface area contributed by atoms with Crippen molar-refractivity contribution < 1.29 is 4.79 Å². The van der Waals surface area contributed by atoms with Gasteiger partial charge in [0.15, 0.2) is 5.78 Å². The van der Waals surface area contributed by atoms with E-state index < -0.39 is 0 Å². The molecule has 0 atom stereocenters. The SMILES string of the molecule is CC1=C(C(=O)C(C)C)Cc2ccccc21. The molecule has 0 spiro atoms. The smallest absolute Gasteiger partial charge is 0.162 e. The van der Waals surface area contributed by atoms with E-state index in [9.17, 15) is 4.79 Å². The van der Waals surface area contributed by atoms with Crippen molar-refractivity contribution in [2.24, 2.45) is 5.92 Å². The largest absolute Gasteiger partial charge is 0.294 e. The van der Waals surface area contributed by atoms with Crippen LogP contribution >= 0.6 is 0 Å². The van der Waals surface area contributed by atoms with Crippen LogP contribution in [0.1, 0.15) is 31.9 Å². The van der Waals surface area contributed by atoms with Crippen LogP contribution < -0.4 is 0 Å². The summed E-state index contributed by atoms with van der Waals surface area (Å²) in [6.07, 6.45) is 0.818. The van der Waals surface area contributed by atoms with E-state index in [1.165, 1.54) is 16.7 Å². The van der Waals surface area contributed by atoms with E-state index in [4.69, 9.17) is 0 Å². The first kappa shape index (κ1) is 10.2. The minimum absolute atomic E-state index is 0.101. The highest BCUT2D eigenvalue weighted by molar-refractivity contribution is 6.05. The maximum atomic E-state index is 12.0. The molecule has 1 nitrogen and oxygen atoms in total. The summed E-state index contributed by atoms with van der Waals surface area (Å²) in [5, 5.41) is 0. The van der Waals surface area contributed by atoms with Crippen LogP contribution in [0.4, 0.5) is 0 Å². The van der Waals surface area contributed by atoms with Crippen molar-refractivity contribution in [3.63, 3.8) is 0 Å². The molecule has 0 radical (unpaired) electrons. The summed E-state index contributed by atoms with van der Waals surface area (Å²) in [4.78, 5) is 12.0. The number of rotatable bonds is 2. The van der Waals surface area contributed by atoms with Crippen molar-refractivity contribution in [2.45, 2.75) is 27.2 Å². The summed E-state index contributed by atoms with van der Waals surface area (Å²) in [5.41, 5.74) is 4.72. The zero-order valence-corrected chi connectivity index (χ0v) is 9.50. The van der Waals surface area contributed by atoms with Crippen molar-refractivity contribution in [2.75, 3.05) is 0 Å². The van der Waals surface area contributed by atoms with Crippen LogP contribution in [0.15, 0.2) is 29.8 Å². The Morgan fingerprint density at radius 1 is 1.27 bits per heavy atom. The van der Waals surface area contributed by atoms with Gasteiger partial charge in [-0.3, -0.25) is 4.79 Å². The van der Waals surface area contributed by atoms with Crippen LogP contribution in [0.5, 0.6) is 0 Å². The molecule has 0 heterocycles. The topological polar surface area (TPSA) is 17.1 Å². The highest BCUT2D eigenvalue weighted by atomic mass is 16.1. The number of Topliss-reactive ketones (excluding diaryl/α,β-unsaturated/α-hetero) is 1. The van der Waals surface area contributed by atoms with Gasteiger partial charge in [0.05, 0.1) is 0 Å². The average Bonchev–Trinajstić information content (AvgIpc) is 2.56. The maximum Gasteiger partial charge on any atom is 0.162 e. The van der Waals surface area contributed by atoms with Crippen LogP contribution in [0.3, 0.4) is 0 Å². The third kappa shape index (κ3) is 1.63. The number of carbonyl (C=O) groups excluding carboxylic acids is 1. The molecule has 1 aliphatic rings. The number of hydrogen-bond acceptors (Lipinski definition) is 1. The number of fused-ring (bicyclic) bond motifs is 1. The van der Waals surface area contributed by atoms with Gasteiger partial charge in [-0.15, -0.1) is 0 Å². The van der Waals surface area contributed by atoms with Gasteiger partial charge >= 0.3 is 0 Å². The summed E-state index contributed by atoms with van der Waals surface area (Å²) >= 11 is 0. The van der Waals surface area contributed by atoms with Crippen molar-refractivity contribution in [3.05, 3.63) is 41.0 Å². The average molecular weight is 200 g/mol. The Kier molecular flexibility index (Phi) is 2.47.